The van der Waals surface area contributed by atoms with E-state index in [0.29, 0.717) is 5.92 Å². The Morgan fingerprint density at radius 1 is 1.46 bits per heavy atom. The second kappa shape index (κ2) is 2.79. The Bertz CT molecular complexity index is 335. The molecular formula is C10H13BrN2. The largest absolute Gasteiger partial charge is 0.327 e. The number of halogens is 1. The molecule has 2 nitrogen and oxygen atoms in total. The van der Waals surface area contributed by atoms with Gasteiger partial charge in [-0.3, -0.25) is 4.98 Å². The van der Waals surface area contributed by atoms with Crippen molar-refractivity contribution >= 4 is 15.9 Å². The molecule has 0 aliphatic heterocycles. The van der Waals surface area contributed by atoms with Gasteiger partial charge in [-0.25, -0.2) is 0 Å². The van der Waals surface area contributed by atoms with Gasteiger partial charge in [0.25, 0.3) is 0 Å². The van der Waals surface area contributed by atoms with E-state index in [9.17, 15) is 0 Å². The minimum atomic E-state index is 0.239. The molecule has 2 rings (SSSR count). The van der Waals surface area contributed by atoms with Crippen LogP contribution in [-0.2, 0) is 0 Å². The summed E-state index contributed by atoms with van der Waals surface area (Å²) in [6, 6.07) is 2.38. The van der Waals surface area contributed by atoms with Gasteiger partial charge >= 0.3 is 0 Å². The zero-order valence-corrected chi connectivity index (χ0v) is 9.38. The maximum atomic E-state index is 5.98. The number of hydrogen-bond acceptors (Lipinski definition) is 2. The second-order valence-corrected chi connectivity index (χ2v) is 5.18. The molecule has 70 valence electrons. The van der Waals surface area contributed by atoms with Gasteiger partial charge in [0.1, 0.15) is 0 Å². The number of pyridine rings is 1. The number of nitrogens with two attached hydrogens (primary N) is 1. The molecule has 0 amide bonds. The number of nitrogens with zero attached hydrogens (tertiary/aromatic N) is 1. The van der Waals surface area contributed by atoms with Crippen LogP contribution in [0.4, 0.5) is 0 Å². The van der Waals surface area contributed by atoms with Crippen LogP contribution in [0.5, 0.6) is 0 Å². The molecular weight excluding hydrogens is 228 g/mol. The van der Waals surface area contributed by atoms with E-state index in [1.807, 2.05) is 6.20 Å². The highest BCUT2D eigenvalue weighted by atomic mass is 79.9. The van der Waals surface area contributed by atoms with Gasteiger partial charge in [-0.2, -0.15) is 0 Å². The van der Waals surface area contributed by atoms with Gasteiger partial charge in [0, 0.05) is 28.8 Å². The van der Waals surface area contributed by atoms with Crippen LogP contribution < -0.4 is 5.73 Å². The van der Waals surface area contributed by atoms with E-state index >= 15 is 0 Å². The van der Waals surface area contributed by atoms with Crippen molar-refractivity contribution in [2.24, 2.45) is 11.1 Å². The fourth-order valence-corrected chi connectivity index (χ4v) is 2.30. The van der Waals surface area contributed by atoms with Crippen LogP contribution in [0.3, 0.4) is 0 Å². The van der Waals surface area contributed by atoms with Crippen LogP contribution in [0.25, 0.3) is 0 Å². The van der Waals surface area contributed by atoms with Gasteiger partial charge in [-0.1, -0.05) is 13.8 Å². The van der Waals surface area contributed by atoms with Gasteiger partial charge in [0.05, 0.1) is 0 Å². The first kappa shape index (κ1) is 9.16. The lowest BCUT2D eigenvalue weighted by molar-refractivity contribution is 0.598. The molecule has 2 N–H and O–H groups in total. The molecule has 1 saturated carbocycles. The normalized spacial score (nSPS) is 30.2. The highest BCUT2D eigenvalue weighted by molar-refractivity contribution is 9.10. The van der Waals surface area contributed by atoms with Crippen molar-refractivity contribution in [2.45, 2.75) is 25.8 Å². The summed E-state index contributed by atoms with van der Waals surface area (Å²) in [6.07, 6.45) is 3.70. The maximum Gasteiger partial charge on any atom is 0.0410 e. The Morgan fingerprint density at radius 2 is 2.08 bits per heavy atom. The molecule has 1 aromatic heterocycles. The number of aromatic nitrogens is 1. The zero-order chi connectivity index (χ0) is 9.64. The number of rotatable bonds is 1. The molecule has 0 radical (unpaired) electrons. The standard InChI is InChI=1S/C10H13BrN2/c1-10(2)8(9(10)12)6-3-7(11)5-13-4-6/h3-5,8-9H,12H2,1-2H3/t8-,9-/m1/s1. The lowest BCUT2D eigenvalue weighted by atomic mass is 10.1. The fraction of sp³-hybridized carbons (Fsp3) is 0.500. The molecule has 1 aliphatic rings. The van der Waals surface area contributed by atoms with E-state index in [4.69, 9.17) is 5.73 Å². The molecule has 1 fully saturated rings. The van der Waals surface area contributed by atoms with Gasteiger partial charge < -0.3 is 5.73 Å². The summed E-state index contributed by atoms with van der Waals surface area (Å²) >= 11 is 3.41. The zero-order valence-electron chi connectivity index (χ0n) is 7.79. The fourth-order valence-electron chi connectivity index (χ4n) is 1.91. The third-order valence-electron chi connectivity index (χ3n) is 3.00. The monoisotopic (exact) mass is 240 g/mol. The summed E-state index contributed by atoms with van der Waals surface area (Å²) in [6.45, 7) is 4.40. The van der Waals surface area contributed by atoms with Crippen molar-refractivity contribution in [1.29, 1.82) is 0 Å². The topological polar surface area (TPSA) is 38.9 Å². The lowest BCUT2D eigenvalue weighted by Crippen LogP contribution is -2.06. The van der Waals surface area contributed by atoms with Crippen LogP contribution in [-0.4, -0.2) is 11.0 Å². The first-order valence-electron chi connectivity index (χ1n) is 4.39. The maximum absolute atomic E-state index is 5.98. The predicted octanol–water partition coefficient (Wildman–Crippen LogP) is 2.29. The van der Waals surface area contributed by atoms with Gasteiger partial charge in [-0.05, 0) is 33.0 Å². The number of hydrogen-bond donors (Lipinski definition) is 1. The molecule has 0 aromatic carbocycles. The van der Waals surface area contributed by atoms with Crippen LogP contribution in [0, 0.1) is 5.41 Å². The molecule has 1 heterocycles. The molecule has 0 spiro atoms. The quantitative estimate of drug-likeness (QED) is 0.819. The van der Waals surface area contributed by atoms with Crippen molar-refractivity contribution in [2.75, 3.05) is 0 Å². The molecule has 2 atom stereocenters. The first-order chi connectivity index (χ1) is 6.03. The molecule has 0 bridgehead atoms. The van der Waals surface area contributed by atoms with Crippen LogP contribution in [0.15, 0.2) is 22.9 Å². The predicted molar refractivity (Wildman–Crippen MR) is 56.4 cm³/mol. The molecule has 13 heavy (non-hydrogen) atoms. The van der Waals surface area contributed by atoms with E-state index in [0.717, 1.165) is 4.47 Å². The summed E-state index contributed by atoms with van der Waals surface area (Å²) in [7, 11) is 0. The Hall–Kier alpha value is -0.410. The average Bonchev–Trinajstić information content (AvgIpc) is 2.51. The molecule has 1 aromatic rings. The average molecular weight is 241 g/mol. The molecule has 0 saturated heterocycles. The van der Waals surface area contributed by atoms with Crippen LogP contribution in [0.1, 0.15) is 25.3 Å². The van der Waals surface area contributed by atoms with E-state index in [2.05, 4.69) is 40.8 Å². The van der Waals surface area contributed by atoms with E-state index in [-0.39, 0.29) is 11.5 Å². The Labute approximate surface area is 86.7 Å². The van der Waals surface area contributed by atoms with Crippen LogP contribution >= 0.6 is 15.9 Å². The van der Waals surface area contributed by atoms with Gasteiger partial charge in [0.2, 0.25) is 0 Å². The summed E-state index contributed by atoms with van der Waals surface area (Å²) < 4.78 is 1.03. The minimum Gasteiger partial charge on any atom is -0.327 e. The molecule has 0 unspecified atom stereocenters. The Balaban J connectivity index is 2.29. The third-order valence-corrected chi connectivity index (χ3v) is 3.43. The third kappa shape index (κ3) is 1.40. The minimum absolute atomic E-state index is 0.239. The van der Waals surface area contributed by atoms with E-state index in [1.54, 1.807) is 6.20 Å². The highest BCUT2D eigenvalue weighted by Gasteiger charge is 2.56. The Kier molecular flexibility index (Phi) is 1.96. The van der Waals surface area contributed by atoms with Crippen molar-refractivity contribution in [3.05, 3.63) is 28.5 Å². The first-order valence-corrected chi connectivity index (χ1v) is 5.19. The summed E-state index contributed by atoms with van der Waals surface area (Å²) in [4.78, 5) is 4.14. The SMILES string of the molecule is CC1(C)[C@H](N)[C@H]1c1cncc(Br)c1. The lowest BCUT2D eigenvalue weighted by Gasteiger charge is -2.01. The summed E-state index contributed by atoms with van der Waals surface area (Å²) in [5, 5.41) is 0. The van der Waals surface area contributed by atoms with Crippen LogP contribution in [0.2, 0.25) is 0 Å². The van der Waals surface area contributed by atoms with Crippen molar-refractivity contribution in [3.63, 3.8) is 0 Å². The van der Waals surface area contributed by atoms with Gasteiger partial charge in [-0.15, -0.1) is 0 Å². The van der Waals surface area contributed by atoms with Crippen molar-refractivity contribution in [3.8, 4) is 0 Å². The van der Waals surface area contributed by atoms with Gasteiger partial charge in [0.15, 0.2) is 0 Å². The smallest absolute Gasteiger partial charge is 0.0410 e. The summed E-state index contributed by atoms with van der Waals surface area (Å²) in [5.74, 6) is 0.470. The van der Waals surface area contributed by atoms with E-state index in [1.165, 1.54) is 5.56 Å². The molecule has 3 heteroatoms. The Morgan fingerprint density at radius 3 is 2.54 bits per heavy atom. The highest BCUT2D eigenvalue weighted by Crippen LogP contribution is 2.57. The summed E-state index contributed by atoms with van der Waals surface area (Å²) in [5.41, 5.74) is 7.46. The molecule has 1 aliphatic carbocycles. The van der Waals surface area contributed by atoms with E-state index < -0.39 is 0 Å². The van der Waals surface area contributed by atoms with Crippen molar-refractivity contribution in [1.82, 2.24) is 4.98 Å². The van der Waals surface area contributed by atoms with Crippen molar-refractivity contribution < 1.29 is 0 Å². The second-order valence-electron chi connectivity index (χ2n) is 4.26.